The number of rotatable bonds is 4. The van der Waals surface area contributed by atoms with Gasteiger partial charge in [-0.25, -0.2) is 0 Å². The van der Waals surface area contributed by atoms with E-state index in [0.29, 0.717) is 6.04 Å². The lowest BCUT2D eigenvalue weighted by molar-refractivity contribution is 0.677. The first-order valence-electron chi connectivity index (χ1n) is 5.42. The molecule has 0 aromatic heterocycles. The summed E-state index contributed by atoms with van der Waals surface area (Å²) in [6, 6.07) is 9.44. The van der Waals surface area contributed by atoms with Crippen LogP contribution in [0.5, 0.6) is 0 Å². The molecule has 2 rings (SSSR count). The molecule has 1 aliphatic rings. The third kappa shape index (κ3) is 2.47. The molecule has 1 saturated heterocycles. The van der Waals surface area contributed by atoms with Crippen molar-refractivity contribution in [1.29, 1.82) is 0 Å². The zero-order valence-corrected chi connectivity index (χ0v) is 9.96. The van der Waals surface area contributed by atoms with Crippen molar-refractivity contribution in [1.82, 2.24) is 0 Å². The molecule has 0 amide bonds. The number of anilines is 1. The van der Waals surface area contributed by atoms with E-state index >= 15 is 0 Å². The van der Waals surface area contributed by atoms with Gasteiger partial charge in [0.1, 0.15) is 0 Å². The van der Waals surface area contributed by atoms with Crippen LogP contribution < -0.4 is 10.6 Å². The molecule has 0 bridgehead atoms. The maximum Gasteiger partial charge on any atom is 0.0471 e. The lowest BCUT2D eigenvalue weighted by atomic mass is 10.2. The van der Waals surface area contributed by atoms with Gasteiger partial charge in [0.25, 0.3) is 0 Å². The number of hydrogen-bond donors (Lipinski definition) is 1. The number of nitrogens with two attached hydrogens (primary N) is 1. The third-order valence-electron chi connectivity index (χ3n) is 2.80. The zero-order chi connectivity index (χ0) is 10.7. The Morgan fingerprint density at radius 3 is 2.47 bits per heavy atom. The van der Waals surface area contributed by atoms with Crippen LogP contribution in [-0.4, -0.2) is 30.6 Å². The molecule has 1 aromatic carbocycles. The molecule has 0 atom stereocenters. The second-order valence-corrected chi connectivity index (χ2v) is 5.08. The summed E-state index contributed by atoms with van der Waals surface area (Å²) in [6.07, 6.45) is 0. The van der Waals surface area contributed by atoms with E-state index in [1.165, 1.54) is 22.8 Å². The Bertz CT molecular complexity index is 306. The highest BCUT2D eigenvalue weighted by Gasteiger charge is 2.25. The fraction of sp³-hybridized carbons (Fsp3) is 0.500. The van der Waals surface area contributed by atoms with Gasteiger partial charge in [0, 0.05) is 36.3 Å². The van der Waals surface area contributed by atoms with Gasteiger partial charge in [0.05, 0.1) is 0 Å². The Hall–Kier alpha value is -0.670. The second-order valence-electron chi connectivity index (χ2n) is 4.01. The minimum Gasteiger partial charge on any atom is -0.366 e. The molecule has 15 heavy (non-hydrogen) atoms. The van der Waals surface area contributed by atoms with Crippen LogP contribution in [0, 0.1) is 6.92 Å². The van der Waals surface area contributed by atoms with Gasteiger partial charge >= 0.3 is 0 Å². The zero-order valence-electron chi connectivity index (χ0n) is 9.15. The van der Waals surface area contributed by atoms with Crippen molar-refractivity contribution >= 4 is 17.4 Å². The predicted octanol–water partition coefficient (Wildman–Crippen LogP) is 1.88. The van der Waals surface area contributed by atoms with Crippen LogP contribution in [0.1, 0.15) is 5.56 Å². The molecule has 1 aromatic rings. The highest BCUT2D eigenvalue weighted by molar-refractivity contribution is 8.00. The molecule has 0 spiro atoms. The number of thioether (sulfide) groups is 1. The van der Waals surface area contributed by atoms with Crippen molar-refractivity contribution in [3.05, 3.63) is 29.8 Å². The van der Waals surface area contributed by atoms with Crippen molar-refractivity contribution in [3.8, 4) is 0 Å². The molecule has 1 aliphatic heterocycles. The van der Waals surface area contributed by atoms with E-state index in [9.17, 15) is 0 Å². The highest BCUT2D eigenvalue weighted by Crippen LogP contribution is 2.27. The minimum atomic E-state index is 0.696. The quantitative estimate of drug-likeness (QED) is 0.843. The third-order valence-corrected chi connectivity index (χ3v) is 4.04. The Balaban J connectivity index is 2.12. The summed E-state index contributed by atoms with van der Waals surface area (Å²) in [5.41, 5.74) is 8.30. The van der Waals surface area contributed by atoms with Crippen molar-refractivity contribution in [3.63, 3.8) is 0 Å². The Kier molecular flexibility index (Phi) is 3.54. The Morgan fingerprint density at radius 2 is 2.00 bits per heavy atom. The lowest BCUT2D eigenvalue weighted by Crippen LogP contribution is -2.46. The van der Waals surface area contributed by atoms with Gasteiger partial charge in [0.2, 0.25) is 0 Å². The summed E-state index contributed by atoms with van der Waals surface area (Å²) < 4.78 is 0. The summed E-state index contributed by atoms with van der Waals surface area (Å²) in [5.74, 6) is 2.49. The van der Waals surface area contributed by atoms with Gasteiger partial charge in [0.15, 0.2) is 0 Å². The average Bonchev–Trinajstić information content (AvgIpc) is 2.16. The normalized spacial score (nSPS) is 16.1. The topological polar surface area (TPSA) is 29.3 Å². The van der Waals surface area contributed by atoms with Crippen molar-refractivity contribution in [2.75, 3.05) is 29.5 Å². The van der Waals surface area contributed by atoms with Crippen LogP contribution in [0.2, 0.25) is 0 Å². The van der Waals surface area contributed by atoms with E-state index in [-0.39, 0.29) is 0 Å². The van der Waals surface area contributed by atoms with Gasteiger partial charge in [-0.2, -0.15) is 11.8 Å². The van der Waals surface area contributed by atoms with E-state index in [2.05, 4.69) is 36.1 Å². The van der Waals surface area contributed by atoms with Crippen LogP contribution in [0.4, 0.5) is 5.69 Å². The summed E-state index contributed by atoms with van der Waals surface area (Å²) in [7, 11) is 0. The van der Waals surface area contributed by atoms with E-state index in [4.69, 9.17) is 5.73 Å². The maximum absolute atomic E-state index is 5.66. The molecule has 0 saturated carbocycles. The summed E-state index contributed by atoms with van der Waals surface area (Å²) in [6.45, 7) is 3.82. The number of nitrogens with zero attached hydrogens (tertiary/aromatic N) is 1. The Labute approximate surface area is 95.8 Å². The van der Waals surface area contributed by atoms with Crippen LogP contribution >= 0.6 is 11.8 Å². The van der Waals surface area contributed by atoms with Crippen LogP contribution in [0.15, 0.2) is 24.3 Å². The van der Waals surface area contributed by atoms with E-state index in [1.54, 1.807) is 0 Å². The summed E-state index contributed by atoms with van der Waals surface area (Å²) in [4.78, 5) is 2.44. The largest absolute Gasteiger partial charge is 0.366 e. The van der Waals surface area contributed by atoms with Crippen molar-refractivity contribution in [2.45, 2.75) is 13.0 Å². The first kappa shape index (κ1) is 10.8. The molecule has 2 nitrogen and oxygen atoms in total. The first-order chi connectivity index (χ1) is 7.31. The fourth-order valence-electron chi connectivity index (χ4n) is 1.80. The molecule has 0 radical (unpaired) electrons. The standard InChI is InChI=1S/C12H18N2S/c1-10-2-4-11(5-3-10)14(7-6-13)12-8-15-9-12/h2-5,12H,6-9,13H2,1H3. The first-order valence-corrected chi connectivity index (χ1v) is 6.58. The fourth-order valence-corrected chi connectivity index (χ4v) is 2.61. The summed E-state index contributed by atoms with van der Waals surface area (Å²) >= 11 is 2.01. The van der Waals surface area contributed by atoms with Crippen LogP contribution in [0.3, 0.4) is 0 Å². The predicted molar refractivity (Wildman–Crippen MR) is 68.7 cm³/mol. The number of benzene rings is 1. The SMILES string of the molecule is Cc1ccc(N(CCN)C2CSC2)cc1. The second kappa shape index (κ2) is 4.90. The molecule has 82 valence electrons. The Morgan fingerprint density at radius 1 is 1.33 bits per heavy atom. The van der Waals surface area contributed by atoms with Crippen molar-refractivity contribution < 1.29 is 0 Å². The molecular formula is C12H18N2S. The molecule has 1 heterocycles. The molecule has 0 unspecified atom stereocenters. The monoisotopic (exact) mass is 222 g/mol. The average molecular weight is 222 g/mol. The van der Waals surface area contributed by atoms with Crippen LogP contribution in [-0.2, 0) is 0 Å². The smallest absolute Gasteiger partial charge is 0.0471 e. The molecular weight excluding hydrogens is 204 g/mol. The van der Waals surface area contributed by atoms with Gasteiger partial charge in [-0.1, -0.05) is 17.7 Å². The number of hydrogen-bond acceptors (Lipinski definition) is 3. The molecule has 1 fully saturated rings. The van der Waals surface area contributed by atoms with Crippen molar-refractivity contribution in [2.24, 2.45) is 5.73 Å². The molecule has 0 aliphatic carbocycles. The van der Waals surface area contributed by atoms with E-state index < -0.39 is 0 Å². The van der Waals surface area contributed by atoms with Gasteiger partial charge in [-0.15, -0.1) is 0 Å². The maximum atomic E-state index is 5.66. The highest BCUT2D eigenvalue weighted by atomic mass is 32.2. The van der Waals surface area contributed by atoms with E-state index in [1.807, 2.05) is 11.8 Å². The van der Waals surface area contributed by atoms with E-state index in [0.717, 1.165) is 13.1 Å². The number of aryl methyl sites for hydroxylation is 1. The van der Waals surface area contributed by atoms with Gasteiger partial charge in [-0.05, 0) is 19.1 Å². The lowest BCUT2D eigenvalue weighted by Gasteiger charge is -2.38. The van der Waals surface area contributed by atoms with Gasteiger partial charge in [-0.3, -0.25) is 0 Å². The molecule has 2 N–H and O–H groups in total. The minimum absolute atomic E-state index is 0.696. The van der Waals surface area contributed by atoms with Gasteiger partial charge < -0.3 is 10.6 Å². The molecule has 3 heteroatoms. The summed E-state index contributed by atoms with van der Waals surface area (Å²) in [5, 5.41) is 0. The van der Waals surface area contributed by atoms with Crippen LogP contribution in [0.25, 0.3) is 0 Å².